The van der Waals surface area contributed by atoms with Crippen molar-refractivity contribution in [2.24, 2.45) is 5.10 Å². The standard InChI is InChI=1S/C17H19N7/c1-13-9-21-24(11-13)17-8-16(18-12-19-17)22-20-10-14-4-6-15(7-5-14)23(2)3/h4-12H,1-3H3,(H,18,19,22)/b20-10-. The lowest BCUT2D eigenvalue weighted by Crippen LogP contribution is -2.08. The molecule has 3 aromatic rings. The van der Waals surface area contributed by atoms with E-state index in [1.54, 1.807) is 23.2 Å². The summed E-state index contributed by atoms with van der Waals surface area (Å²) >= 11 is 0. The van der Waals surface area contributed by atoms with E-state index in [1.165, 1.54) is 6.33 Å². The van der Waals surface area contributed by atoms with E-state index >= 15 is 0 Å². The van der Waals surface area contributed by atoms with Gasteiger partial charge in [-0.1, -0.05) is 12.1 Å². The molecular formula is C17H19N7. The van der Waals surface area contributed by atoms with Gasteiger partial charge in [-0.15, -0.1) is 0 Å². The lowest BCUT2D eigenvalue weighted by molar-refractivity contribution is 0.839. The predicted molar refractivity (Wildman–Crippen MR) is 95.9 cm³/mol. The number of benzene rings is 1. The fourth-order valence-electron chi connectivity index (χ4n) is 2.10. The van der Waals surface area contributed by atoms with Crippen LogP contribution < -0.4 is 10.3 Å². The summed E-state index contributed by atoms with van der Waals surface area (Å²) in [6.07, 6.45) is 6.92. The van der Waals surface area contributed by atoms with Crippen molar-refractivity contribution in [1.29, 1.82) is 0 Å². The Morgan fingerprint density at radius 1 is 1.17 bits per heavy atom. The molecule has 0 aliphatic carbocycles. The average Bonchev–Trinajstić information content (AvgIpc) is 3.02. The molecule has 0 bridgehead atoms. The molecule has 1 aromatic carbocycles. The molecule has 0 amide bonds. The SMILES string of the molecule is Cc1cnn(-c2cc(N/N=C\c3ccc(N(C)C)cc3)ncn2)c1. The second kappa shape index (κ2) is 6.91. The van der Waals surface area contributed by atoms with Gasteiger partial charge in [-0.05, 0) is 30.2 Å². The Kier molecular flexibility index (Phi) is 4.51. The van der Waals surface area contributed by atoms with Gasteiger partial charge in [0.15, 0.2) is 11.6 Å². The third kappa shape index (κ3) is 3.75. The van der Waals surface area contributed by atoms with E-state index in [-0.39, 0.29) is 0 Å². The number of hydrogen-bond donors (Lipinski definition) is 1. The fourth-order valence-corrected chi connectivity index (χ4v) is 2.10. The fraction of sp³-hybridized carbons (Fsp3) is 0.176. The highest BCUT2D eigenvalue weighted by Gasteiger charge is 2.01. The first-order chi connectivity index (χ1) is 11.6. The highest BCUT2D eigenvalue weighted by Crippen LogP contribution is 2.12. The van der Waals surface area contributed by atoms with Gasteiger partial charge >= 0.3 is 0 Å². The minimum absolute atomic E-state index is 0.606. The molecule has 0 atom stereocenters. The maximum Gasteiger partial charge on any atom is 0.158 e. The first-order valence-electron chi connectivity index (χ1n) is 7.52. The molecule has 24 heavy (non-hydrogen) atoms. The van der Waals surface area contributed by atoms with Crippen LogP contribution in [0, 0.1) is 6.92 Å². The van der Waals surface area contributed by atoms with Gasteiger partial charge < -0.3 is 4.90 Å². The Labute approximate surface area is 140 Å². The number of aryl methyl sites for hydroxylation is 1. The summed E-state index contributed by atoms with van der Waals surface area (Å²) in [5.41, 5.74) is 6.14. The van der Waals surface area contributed by atoms with Crippen LogP contribution >= 0.6 is 0 Å². The van der Waals surface area contributed by atoms with E-state index in [9.17, 15) is 0 Å². The van der Waals surface area contributed by atoms with Crippen molar-refractivity contribution in [2.45, 2.75) is 6.92 Å². The van der Waals surface area contributed by atoms with Crippen LogP contribution in [0.25, 0.3) is 5.82 Å². The highest BCUT2D eigenvalue weighted by molar-refractivity contribution is 5.80. The Morgan fingerprint density at radius 3 is 2.62 bits per heavy atom. The van der Waals surface area contributed by atoms with Crippen molar-refractivity contribution < 1.29 is 0 Å². The van der Waals surface area contributed by atoms with Gasteiger partial charge in [-0.3, -0.25) is 5.43 Å². The van der Waals surface area contributed by atoms with Gasteiger partial charge in [0.05, 0.1) is 12.4 Å². The summed E-state index contributed by atoms with van der Waals surface area (Å²) < 4.78 is 1.70. The summed E-state index contributed by atoms with van der Waals surface area (Å²) in [7, 11) is 4.02. The lowest BCUT2D eigenvalue weighted by Gasteiger charge is -2.11. The topological polar surface area (TPSA) is 71.2 Å². The molecular weight excluding hydrogens is 302 g/mol. The van der Waals surface area contributed by atoms with E-state index in [1.807, 2.05) is 51.5 Å². The molecule has 0 aliphatic heterocycles. The van der Waals surface area contributed by atoms with E-state index in [0.29, 0.717) is 11.6 Å². The highest BCUT2D eigenvalue weighted by atomic mass is 15.3. The molecule has 0 radical (unpaired) electrons. The zero-order valence-electron chi connectivity index (χ0n) is 13.9. The van der Waals surface area contributed by atoms with Crippen molar-refractivity contribution in [3.63, 3.8) is 0 Å². The Bertz CT molecular complexity index is 834. The first-order valence-corrected chi connectivity index (χ1v) is 7.52. The van der Waals surface area contributed by atoms with Crippen LogP contribution in [0.1, 0.15) is 11.1 Å². The third-order valence-electron chi connectivity index (χ3n) is 3.40. The van der Waals surface area contributed by atoms with Crippen molar-refractivity contribution in [3.8, 4) is 5.82 Å². The quantitative estimate of drug-likeness (QED) is 0.577. The van der Waals surface area contributed by atoms with Crippen LogP contribution in [0.5, 0.6) is 0 Å². The van der Waals surface area contributed by atoms with Crippen LogP contribution in [-0.4, -0.2) is 40.1 Å². The van der Waals surface area contributed by atoms with E-state index < -0.39 is 0 Å². The smallest absolute Gasteiger partial charge is 0.158 e. The van der Waals surface area contributed by atoms with Crippen LogP contribution in [0.2, 0.25) is 0 Å². The molecule has 7 heteroatoms. The molecule has 7 nitrogen and oxygen atoms in total. The Balaban J connectivity index is 1.68. The molecule has 0 spiro atoms. The van der Waals surface area contributed by atoms with Crippen molar-refractivity contribution in [3.05, 3.63) is 60.2 Å². The zero-order chi connectivity index (χ0) is 16.9. The molecule has 122 valence electrons. The average molecular weight is 321 g/mol. The molecule has 2 heterocycles. The molecule has 0 saturated heterocycles. The Hall–Kier alpha value is -3.22. The van der Waals surface area contributed by atoms with Crippen molar-refractivity contribution in [1.82, 2.24) is 19.7 Å². The number of anilines is 2. The monoisotopic (exact) mass is 321 g/mol. The van der Waals surface area contributed by atoms with Crippen molar-refractivity contribution >= 4 is 17.7 Å². The number of hydrogen-bond acceptors (Lipinski definition) is 6. The second-order valence-corrected chi connectivity index (χ2v) is 5.58. The number of hydrazone groups is 1. The van der Waals surface area contributed by atoms with Crippen LogP contribution in [0.15, 0.2) is 54.2 Å². The molecule has 0 unspecified atom stereocenters. The molecule has 0 saturated carbocycles. The number of rotatable bonds is 5. The summed E-state index contributed by atoms with van der Waals surface area (Å²) in [4.78, 5) is 10.4. The lowest BCUT2D eigenvalue weighted by atomic mass is 10.2. The molecule has 0 fully saturated rings. The van der Waals surface area contributed by atoms with E-state index in [4.69, 9.17) is 0 Å². The van der Waals surface area contributed by atoms with Gasteiger partial charge in [0, 0.05) is 32.0 Å². The summed E-state index contributed by atoms with van der Waals surface area (Å²) in [6.45, 7) is 1.98. The summed E-state index contributed by atoms with van der Waals surface area (Å²) in [6, 6.07) is 9.91. The maximum absolute atomic E-state index is 4.23. The van der Waals surface area contributed by atoms with E-state index in [0.717, 1.165) is 16.8 Å². The normalized spacial score (nSPS) is 11.0. The largest absolute Gasteiger partial charge is 0.378 e. The van der Waals surface area contributed by atoms with Gasteiger partial charge in [0.1, 0.15) is 6.33 Å². The summed E-state index contributed by atoms with van der Waals surface area (Å²) in [5, 5.41) is 8.45. The summed E-state index contributed by atoms with van der Waals surface area (Å²) in [5.74, 6) is 1.29. The third-order valence-corrected chi connectivity index (χ3v) is 3.40. The van der Waals surface area contributed by atoms with Gasteiger partial charge in [-0.2, -0.15) is 10.2 Å². The molecule has 3 rings (SSSR count). The minimum atomic E-state index is 0.606. The van der Waals surface area contributed by atoms with Gasteiger partial charge in [0.25, 0.3) is 0 Å². The van der Waals surface area contributed by atoms with Gasteiger partial charge in [0.2, 0.25) is 0 Å². The van der Waals surface area contributed by atoms with Gasteiger partial charge in [-0.25, -0.2) is 14.6 Å². The maximum atomic E-state index is 4.23. The Morgan fingerprint density at radius 2 is 1.96 bits per heavy atom. The predicted octanol–water partition coefficient (Wildman–Crippen LogP) is 2.48. The number of nitrogens with zero attached hydrogens (tertiary/aromatic N) is 6. The first kappa shape index (κ1) is 15.7. The van der Waals surface area contributed by atoms with Crippen LogP contribution in [0.4, 0.5) is 11.5 Å². The molecule has 1 N–H and O–H groups in total. The van der Waals surface area contributed by atoms with E-state index in [2.05, 4.69) is 30.5 Å². The van der Waals surface area contributed by atoms with Crippen molar-refractivity contribution in [2.75, 3.05) is 24.4 Å². The number of aromatic nitrogens is 4. The minimum Gasteiger partial charge on any atom is -0.378 e. The molecule has 2 aromatic heterocycles. The zero-order valence-corrected chi connectivity index (χ0v) is 13.9. The van der Waals surface area contributed by atoms with Crippen LogP contribution in [0.3, 0.4) is 0 Å². The second-order valence-electron chi connectivity index (χ2n) is 5.58. The molecule has 0 aliphatic rings. The van der Waals surface area contributed by atoms with Crippen LogP contribution in [-0.2, 0) is 0 Å². The number of nitrogens with one attached hydrogen (secondary N) is 1.